The summed E-state index contributed by atoms with van der Waals surface area (Å²) < 4.78 is 29.0. The monoisotopic (exact) mass is 399 g/mol. The largest absolute Gasteiger partial charge is 0.328 e. The maximum Gasteiger partial charge on any atom is 0.286 e. The molecule has 0 radical (unpaired) electrons. The fourth-order valence-corrected chi connectivity index (χ4v) is 4.64. The molecular weight excluding hydrogens is 374 g/mol. The maximum atomic E-state index is 12.7. The first-order chi connectivity index (χ1) is 13.2. The van der Waals surface area contributed by atoms with Crippen LogP contribution < -0.4 is 10.2 Å². The van der Waals surface area contributed by atoms with Gasteiger partial charge in [0.05, 0.1) is 5.69 Å². The minimum Gasteiger partial charge on any atom is -0.328 e. The van der Waals surface area contributed by atoms with Gasteiger partial charge in [0.25, 0.3) is 15.9 Å². The molecule has 1 N–H and O–H groups in total. The lowest BCUT2D eigenvalue weighted by molar-refractivity contribution is 0.102. The minimum absolute atomic E-state index is 0.0716. The van der Waals surface area contributed by atoms with E-state index in [1.165, 1.54) is 6.07 Å². The van der Waals surface area contributed by atoms with E-state index >= 15 is 0 Å². The molecule has 1 amide bonds. The molecule has 28 heavy (non-hydrogen) atoms. The van der Waals surface area contributed by atoms with Crippen LogP contribution in [0.15, 0.2) is 45.7 Å². The summed E-state index contributed by atoms with van der Waals surface area (Å²) in [7, 11) is -3.83. The van der Waals surface area contributed by atoms with Gasteiger partial charge in [0.1, 0.15) is 10.7 Å². The van der Waals surface area contributed by atoms with Crippen LogP contribution in [0.5, 0.6) is 0 Å². The number of unbranched alkanes of at least 4 members (excludes halogenated alkanes) is 1. The van der Waals surface area contributed by atoms with Crippen molar-refractivity contribution >= 4 is 33.1 Å². The number of aryl methyl sites for hydroxylation is 2. The molecule has 0 unspecified atom stereocenters. The highest BCUT2D eigenvalue weighted by Gasteiger charge is 2.29. The van der Waals surface area contributed by atoms with E-state index in [0.29, 0.717) is 23.8 Å². The average Bonchev–Trinajstić information content (AvgIpc) is 2.60. The summed E-state index contributed by atoms with van der Waals surface area (Å²) in [6, 6.07) is 10.5. The lowest BCUT2D eigenvalue weighted by atomic mass is 10.1. The number of rotatable bonds is 5. The van der Waals surface area contributed by atoms with E-state index in [1.54, 1.807) is 19.1 Å². The Morgan fingerprint density at radius 1 is 1.07 bits per heavy atom. The van der Waals surface area contributed by atoms with E-state index in [2.05, 4.69) is 16.6 Å². The van der Waals surface area contributed by atoms with Gasteiger partial charge in [-0.05, 0) is 68.7 Å². The number of benzene rings is 2. The molecule has 1 aliphatic rings. The predicted molar refractivity (Wildman–Crippen MR) is 113 cm³/mol. The number of carbonyl (C=O) groups is 1. The van der Waals surface area contributed by atoms with Gasteiger partial charge in [-0.3, -0.25) is 4.79 Å². The van der Waals surface area contributed by atoms with Crippen LogP contribution in [0.3, 0.4) is 0 Å². The molecule has 0 aromatic heterocycles. The number of anilines is 2. The number of carbonyl (C=O) groups excluding carboxylic acids is 1. The van der Waals surface area contributed by atoms with Crippen LogP contribution in [0, 0.1) is 13.8 Å². The Labute approximate surface area is 166 Å². The number of hydrogen-bond acceptors (Lipinski definition) is 4. The predicted octanol–water partition coefficient (Wildman–Crippen LogP) is 4.28. The Kier molecular flexibility index (Phi) is 5.56. The van der Waals surface area contributed by atoms with Crippen molar-refractivity contribution in [1.29, 1.82) is 0 Å². The van der Waals surface area contributed by atoms with Crippen molar-refractivity contribution in [3.63, 3.8) is 0 Å². The third kappa shape index (κ3) is 4.09. The number of nitrogens with one attached hydrogen (secondary N) is 1. The van der Waals surface area contributed by atoms with Crippen molar-refractivity contribution in [1.82, 2.24) is 0 Å². The van der Waals surface area contributed by atoms with Gasteiger partial charge in [-0.2, -0.15) is 8.42 Å². The van der Waals surface area contributed by atoms with E-state index in [1.807, 2.05) is 36.9 Å². The Balaban J connectivity index is 1.95. The van der Waals surface area contributed by atoms with Gasteiger partial charge in [-0.15, -0.1) is 4.40 Å². The molecule has 7 heteroatoms. The van der Waals surface area contributed by atoms with Gasteiger partial charge in [-0.25, -0.2) is 0 Å². The van der Waals surface area contributed by atoms with Crippen LogP contribution in [-0.4, -0.2) is 26.7 Å². The standard InChI is InChI=1S/C21H25N3O3S/c1-5-6-9-24-16(4)23-28(26,27)20-13-17(7-8-19(20)24)21(25)22-18-11-14(2)10-15(3)12-18/h7-8,10-13H,5-6,9H2,1-4H3,(H,22,25). The zero-order chi connectivity index (χ0) is 20.5. The van der Waals surface area contributed by atoms with Crippen molar-refractivity contribution in [2.24, 2.45) is 4.40 Å². The second-order valence-corrected chi connectivity index (χ2v) is 8.70. The first-order valence-corrected chi connectivity index (χ1v) is 10.8. The molecule has 2 aromatic carbocycles. The molecule has 0 saturated carbocycles. The van der Waals surface area contributed by atoms with Crippen molar-refractivity contribution in [3.8, 4) is 0 Å². The van der Waals surface area contributed by atoms with Gasteiger partial charge in [0, 0.05) is 17.8 Å². The van der Waals surface area contributed by atoms with Crippen LogP contribution in [0.1, 0.15) is 48.2 Å². The van der Waals surface area contributed by atoms with Crippen LogP contribution in [-0.2, 0) is 10.0 Å². The van der Waals surface area contributed by atoms with Gasteiger partial charge in [0.15, 0.2) is 0 Å². The molecule has 1 heterocycles. The highest BCUT2D eigenvalue weighted by atomic mass is 32.2. The van der Waals surface area contributed by atoms with E-state index < -0.39 is 10.0 Å². The van der Waals surface area contributed by atoms with Gasteiger partial charge < -0.3 is 10.2 Å². The average molecular weight is 400 g/mol. The van der Waals surface area contributed by atoms with E-state index in [9.17, 15) is 13.2 Å². The molecule has 0 spiro atoms. The number of fused-ring (bicyclic) bond motifs is 1. The normalized spacial score (nSPS) is 15.0. The smallest absolute Gasteiger partial charge is 0.286 e. The summed E-state index contributed by atoms with van der Waals surface area (Å²) in [5.41, 5.74) is 3.62. The maximum absolute atomic E-state index is 12.7. The first kappa shape index (κ1) is 20.1. The Bertz CT molecular complexity index is 1040. The fraction of sp³-hybridized carbons (Fsp3) is 0.333. The number of amidine groups is 1. The molecule has 2 aromatic rings. The van der Waals surface area contributed by atoms with Crippen LogP contribution >= 0.6 is 0 Å². The molecule has 6 nitrogen and oxygen atoms in total. The third-order valence-corrected chi connectivity index (χ3v) is 6.04. The summed E-state index contributed by atoms with van der Waals surface area (Å²) in [6.07, 6.45) is 1.91. The quantitative estimate of drug-likeness (QED) is 0.814. The van der Waals surface area contributed by atoms with Crippen molar-refractivity contribution in [2.45, 2.75) is 45.4 Å². The SMILES string of the molecule is CCCCN1C(C)=NS(=O)(=O)c2cc(C(=O)Nc3cc(C)cc(C)c3)ccc21. The number of hydrogen-bond donors (Lipinski definition) is 1. The van der Waals surface area contributed by atoms with Gasteiger partial charge >= 0.3 is 0 Å². The summed E-state index contributed by atoms with van der Waals surface area (Å²) in [5, 5.41) is 2.85. The Morgan fingerprint density at radius 2 is 1.75 bits per heavy atom. The van der Waals surface area contributed by atoms with E-state index in [0.717, 1.165) is 24.0 Å². The molecule has 3 rings (SSSR count). The lowest BCUT2D eigenvalue weighted by Gasteiger charge is -2.29. The summed E-state index contributed by atoms with van der Waals surface area (Å²) in [5.74, 6) is 0.0998. The highest BCUT2D eigenvalue weighted by Crippen LogP contribution is 2.33. The zero-order valence-corrected chi connectivity index (χ0v) is 17.4. The number of sulfonamides is 1. The first-order valence-electron chi connectivity index (χ1n) is 9.34. The Morgan fingerprint density at radius 3 is 2.39 bits per heavy atom. The molecule has 0 fully saturated rings. The second kappa shape index (κ2) is 7.75. The molecule has 0 aliphatic carbocycles. The van der Waals surface area contributed by atoms with Crippen LogP contribution in [0.4, 0.5) is 11.4 Å². The minimum atomic E-state index is -3.83. The topological polar surface area (TPSA) is 78.8 Å². The Hall–Kier alpha value is -2.67. The van der Waals surface area contributed by atoms with Crippen molar-refractivity contribution in [3.05, 3.63) is 53.1 Å². The van der Waals surface area contributed by atoms with Crippen LogP contribution in [0.25, 0.3) is 0 Å². The zero-order valence-electron chi connectivity index (χ0n) is 16.6. The molecule has 1 aliphatic heterocycles. The summed E-state index contributed by atoms with van der Waals surface area (Å²) in [6.45, 7) is 8.37. The second-order valence-electron chi connectivity index (χ2n) is 7.13. The highest BCUT2D eigenvalue weighted by molar-refractivity contribution is 7.90. The van der Waals surface area contributed by atoms with Crippen LogP contribution in [0.2, 0.25) is 0 Å². The molecule has 0 atom stereocenters. The van der Waals surface area contributed by atoms with Crippen molar-refractivity contribution in [2.75, 3.05) is 16.8 Å². The lowest BCUT2D eigenvalue weighted by Crippen LogP contribution is -2.34. The van der Waals surface area contributed by atoms with Crippen molar-refractivity contribution < 1.29 is 13.2 Å². The number of amides is 1. The molecular formula is C21H25N3O3S. The molecule has 148 valence electrons. The van der Waals surface area contributed by atoms with E-state index in [4.69, 9.17) is 0 Å². The fourth-order valence-electron chi connectivity index (χ4n) is 3.38. The molecule has 0 saturated heterocycles. The van der Waals surface area contributed by atoms with Gasteiger partial charge in [0.2, 0.25) is 0 Å². The van der Waals surface area contributed by atoms with E-state index in [-0.39, 0.29) is 16.4 Å². The summed E-state index contributed by atoms with van der Waals surface area (Å²) >= 11 is 0. The summed E-state index contributed by atoms with van der Waals surface area (Å²) in [4.78, 5) is 14.7. The number of nitrogens with zero attached hydrogens (tertiary/aromatic N) is 2. The molecule has 0 bridgehead atoms. The third-order valence-electron chi connectivity index (χ3n) is 4.65. The van der Waals surface area contributed by atoms with Gasteiger partial charge in [-0.1, -0.05) is 19.4 Å².